The van der Waals surface area contributed by atoms with E-state index in [1.807, 2.05) is 84.9 Å². The van der Waals surface area contributed by atoms with Crippen molar-refractivity contribution >= 4 is 44.8 Å². The Morgan fingerprint density at radius 3 is 2.07 bits per heavy atom. The molecule has 215 valence electrons. The molecule has 0 fully saturated rings. The van der Waals surface area contributed by atoms with Crippen LogP contribution in [0, 0.1) is 6.07 Å². The number of nitrogens with zero attached hydrogens (tertiary/aromatic N) is 5. The molecule has 0 saturated carbocycles. The third kappa shape index (κ3) is 4.75. The van der Waals surface area contributed by atoms with Gasteiger partial charge in [-0.05, 0) is 52.1 Å². The molecule has 0 saturated heterocycles. The third-order valence-electron chi connectivity index (χ3n) is 7.17. The standard InChI is InChI=1S/C23H13NO2PS.C11H7N4.Ir/c28-27-21-10-3-1-8-17(21)25-19-13-15(16-7-5-6-12-24-16)14-20(23(19)27)26-18-9-2-4-11-22(18)27;1-2-5-9-8(4-1)14-11(15-9)10-12-6-3-7-13-10;/h1-13H;1-7H;/q2*-1;. The molecule has 1 atom stereocenters. The molecule has 7 aromatic rings. The fourth-order valence-electron chi connectivity index (χ4n) is 5.27. The Kier molecular flexibility index (Phi) is 7.40. The van der Waals surface area contributed by atoms with Crippen LogP contribution >= 0.6 is 6.04 Å². The van der Waals surface area contributed by atoms with Gasteiger partial charge in [0.15, 0.2) is 5.82 Å². The van der Waals surface area contributed by atoms with Crippen LogP contribution in [0.15, 0.2) is 122 Å². The summed E-state index contributed by atoms with van der Waals surface area (Å²) in [5, 5.41) is 3.07. The fourth-order valence-corrected chi connectivity index (χ4v) is 9.69. The first-order chi connectivity index (χ1) is 21.2. The second-order valence-corrected chi connectivity index (χ2v) is 14.1. The van der Waals surface area contributed by atoms with Gasteiger partial charge >= 0.3 is 0 Å². The van der Waals surface area contributed by atoms with Crippen molar-refractivity contribution in [3.05, 3.63) is 128 Å². The first kappa shape index (κ1) is 28.3. The summed E-state index contributed by atoms with van der Waals surface area (Å²) in [6.45, 7) is 0. The number of imidazole rings is 1. The maximum absolute atomic E-state index is 6.43. The van der Waals surface area contributed by atoms with Crippen molar-refractivity contribution in [3.63, 3.8) is 0 Å². The minimum Gasteiger partial charge on any atom is -0.475 e. The molecular formula is C34H20IrN5O2PS-2. The Hall–Kier alpha value is -4.52. The van der Waals surface area contributed by atoms with Crippen LogP contribution in [-0.2, 0) is 31.9 Å². The van der Waals surface area contributed by atoms with Gasteiger partial charge in [0.1, 0.15) is 11.5 Å². The average Bonchev–Trinajstić information content (AvgIpc) is 3.51. The Morgan fingerprint density at radius 1 is 0.682 bits per heavy atom. The van der Waals surface area contributed by atoms with E-state index in [2.05, 4.69) is 43.1 Å². The Bertz CT molecular complexity index is 2090. The molecule has 1 radical (unpaired) electrons. The number of hydrogen-bond acceptors (Lipinski definition) is 7. The van der Waals surface area contributed by atoms with Crippen molar-refractivity contribution in [3.8, 4) is 45.9 Å². The number of hydrogen-bond donors (Lipinski definition) is 0. The summed E-state index contributed by atoms with van der Waals surface area (Å²) < 4.78 is 12.6. The van der Waals surface area contributed by atoms with Crippen LogP contribution in [0.3, 0.4) is 0 Å². The second kappa shape index (κ2) is 11.5. The summed E-state index contributed by atoms with van der Waals surface area (Å²) in [5.41, 5.74) is 3.40. The van der Waals surface area contributed by atoms with E-state index in [0.717, 1.165) is 55.5 Å². The molecule has 10 heteroatoms. The molecule has 4 aromatic carbocycles. The van der Waals surface area contributed by atoms with E-state index in [1.165, 1.54) is 0 Å². The largest absolute Gasteiger partial charge is 0.475 e. The maximum Gasteiger partial charge on any atom is 0.150 e. The quantitative estimate of drug-likeness (QED) is 0.152. The summed E-state index contributed by atoms with van der Waals surface area (Å²) in [4.78, 5) is 21.4. The van der Waals surface area contributed by atoms with E-state index in [0.29, 0.717) is 17.4 Å². The van der Waals surface area contributed by atoms with Gasteiger partial charge in [-0.3, -0.25) is 0 Å². The summed E-state index contributed by atoms with van der Waals surface area (Å²) >= 11 is 6.43. The predicted molar refractivity (Wildman–Crippen MR) is 171 cm³/mol. The number of ether oxygens (including phenoxy) is 2. The minimum absolute atomic E-state index is 0. The van der Waals surface area contributed by atoms with Crippen molar-refractivity contribution in [2.24, 2.45) is 0 Å². The molecule has 1 unspecified atom stereocenters. The van der Waals surface area contributed by atoms with E-state index in [9.17, 15) is 0 Å². The molecule has 0 amide bonds. The van der Waals surface area contributed by atoms with Crippen molar-refractivity contribution in [1.29, 1.82) is 0 Å². The van der Waals surface area contributed by atoms with Gasteiger partial charge < -0.3 is 24.4 Å². The normalized spacial score (nSPS) is 15.2. The van der Waals surface area contributed by atoms with Gasteiger partial charge in [-0.25, -0.2) is 9.97 Å². The van der Waals surface area contributed by atoms with E-state index in [4.69, 9.17) is 21.3 Å². The molecule has 0 bridgehead atoms. The molecule has 0 N–H and O–H groups in total. The van der Waals surface area contributed by atoms with Crippen molar-refractivity contribution in [2.75, 3.05) is 0 Å². The average molecular weight is 786 g/mol. The topological polar surface area (TPSA) is 84.1 Å². The summed E-state index contributed by atoms with van der Waals surface area (Å²) in [6, 6.07) is 34.5. The van der Waals surface area contributed by atoms with Gasteiger partial charge in [-0.15, -0.1) is 5.56 Å². The van der Waals surface area contributed by atoms with Gasteiger partial charge in [0.25, 0.3) is 0 Å². The summed E-state index contributed by atoms with van der Waals surface area (Å²) in [7, 11) is 0. The molecule has 2 aliphatic rings. The molecular weight excluding hydrogens is 766 g/mol. The van der Waals surface area contributed by atoms with E-state index >= 15 is 0 Å². The first-order valence-electron chi connectivity index (χ1n) is 13.5. The van der Waals surface area contributed by atoms with Crippen LogP contribution in [0.1, 0.15) is 0 Å². The third-order valence-corrected chi connectivity index (χ3v) is 12.0. The van der Waals surface area contributed by atoms with Crippen molar-refractivity contribution in [1.82, 2.24) is 24.9 Å². The van der Waals surface area contributed by atoms with Crippen LogP contribution in [-0.4, -0.2) is 19.9 Å². The molecule has 7 nitrogen and oxygen atoms in total. The van der Waals surface area contributed by atoms with Crippen LogP contribution < -0.4 is 30.4 Å². The SMILES string of the molecule is S=P12c3ccccc3Oc3[c-]c(-c4ccccn4)cc(c31)Oc1ccccc12.[Ir].c1cnc(-c2nc3ccccc3[n-]2)nc1. The van der Waals surface area contributed by atoms with E-state index in [-0.39, 0.29) is 20.1 Å². The predicted octanol–water partition coefficient (Wildman–Crippen LogP) is 6.16. The maximum atomic E-state index is 6.43. The Labute approximate surface area is 271 Å². The zero-order valence-electron chi connectivity index (χ0n) is 22.8. The van der Waals surface area contributed by atoms with Crippen LogP contribution in [0.4, 0.5) is 0 Å². The number of rotatable bonds is 2. The smallest absolute Gasteiger partial charge is 0.150 e. The Balaban J connectivity index is 0.000000166. The molecule has 2 aliphatic heterocycles. The van der Waals surface area contributed by atoms with Crippen molar-refractivity contribution < 1.29 is 29.6 Å². The molecule has 44 heavy (non-hydrogen) atoms. The number of benzene rings is 4. The van der Waals surface area contributed by atoms with Gasteiger partial charge in [-0.1, -0.05) is 96.7 Å². The van der Waals surface area contributed by atoms with Gasteiger partial charge in [0.05, 0.1) is 11.5 Å². The zero-order valence-corrected chi connectivity index (χ0v) is 26.9. The zero-order chi connectivity index (χ0) is 28.8. The monoisotopic (exact) mass is 786 g/mol. The molecule has 5 heterocycles. The van der Waals surface area contributed by atoms with Crippen LogP contribution in [0.25, 0.3) is 33.9 Å². The molecule has 0 spiro atoms. The van der Waals surface area contributed by atoms with Gasteiger partial charge in [0, 0.05) is 55.3 Å². The fraction of sp³-hybridized carbons (Fsp3) is 0. The van der Waals surface area contributed by atoms with E-state index < -0.39 is 6.04 Å². The van der Waals surface area contributed by atoms with Gasteiger partial charge in [0.2, 0.25) is 0 Å². The van der Waals surface area contributed by atoms with E-state index in [1.54, 1.807) is 24.7 Å². The Morgan fingerprint density at radius 2 is 1.34 bits per heavy atom. The van der Waals surface area contributed by atoms with Gasteiger partial charge in [-0.2, -0.15) is 0 Å². The minimum atomic E-state index is -2.29. The summed E-state index contributed by atoms with van der Waals surface area (Å²) in [6.07, 6.45) is 5.14. The van der Waals surface area contributed by atoms with Crippen LogP contribution in [0.2, 0.25) is 0 Å². The number of pyridine rings is 1. The molecule has 0 aliphatic carbocycles. The van der Waals surface area contributed by atoms with Crippen molar-refractivity contribution in [2.45, 2.75) is 0 Å². The van der Waals surface area contributed by atoms with Crippen LogP contribution in [0.5, 0.6) is 23.0 Å². The number of para-hydroxylation sites is 4. The summed E-state index contributed by atoms with van der Waals surface area (Å²) in [5.74, 6) is 4.15. The second-order valence-electron chi connectivity index (χ2n) is 9.80. The number of fused-ring (bicyclic) bond motifs is 5. The first-order valence-corrected chi connectivity index (χ1v) is 16.3. The number of aromatic nitrogens is 5. The molecule has 3 aromatic heterocycles. The molecule has 9 rings (SSSR count).